The molecule has 0 amide bonds. The minimum absolute atomic E-state index is 0.362. The van der Waals surface area contributed by atoms with Crippen molar-refractivity contribution in [2.75, 3.05) is 18.8 Å². The molecule has 3 rings (SSSR count). The van der Waals surface area contributed by atoms with E-state index in [0.717, 1.165) is 49.2 Å². The molecular weight excluding hydrogens is 322 g/mol. The third-order valence-corrected chi connectivity index (χ3v) is 5.19. The van der Waals surface area contributed by atoms with E-state index in [1.54, 1.807) is 11.8 Å². The summed E-state index contributed by atoms with van der Waals surface area (Å²) in [6.07, 6.45) is 8.62. The molecule has 2 aromatic rings. The summed E-state index contributed by atoms with van der Waals surface area (Å²) in [6.45, 7) is 6.99. The molecule has 1 aliphatic rings. The third-order valence-electron chi connectivity index (χ3n) is 4.23. The predicted octanol–water partition coefficient (Wildman–Crippen LogP) is 3.44. The van der Waals surface area contributed by atoms with E-state index in [4.69, 9.17) is 4.52 Å². The van der Waals surface area contributed by atoms with Gasteiger partial charge in [0.05, 0.1) is 0 Å². The molecule has 0 saturated carbocycles. The van der Waals surface area contributed by atoms with Gasteiger partial charge in [-0.1, -0.05) is 30.3 Å². The van der Waals surface area contributed by atoms with Crippen molar-refractivity contribution in [3.63, 3.8) is 0 Å². The van der Waals surface area contributed by atoms with E-state index in [1.807, 2.05) is 19.3 Å². The number of aromatic nitrogens is 4. The Morgan fingerprint density at radius 2 is 2.17 bits per heavy atom. The largest absolute Gasteiger partial charge is 0.340 e. The Kier molecular flexibility index (Phi) is 6.20. The van der Waals surface area contributed by atoms with Crippen LogP contribution in [0.2, 0.25) is 0 Å². The van der Waals surface area contributed by atoms with Gasteiger partial charge in [-0.3, -0.25) is 4.90 Å². The van der Waals surface area contributed by atoms with E-state index >= 15 is 0 Å². The Hall–Kier alpha value is -1.47. The van der Waals surface area contributed by atoms with Crippen LogP contribution in [0.4, 0.5) is 0 Å². The molecule has 24 heavy (non-hydrogen) atoms. The monoisotopic (exact) mass is 347 g/mol. The molecule has 1 fully saturated rings. The van der Waals surface area contributed by atoms with Gasteiger partial charge in [0.25, 0.3) is 0 Å². The maximum atomic E-state index is 5.12. The Morgan fingerprint density at radius 1 is 1.33 bits per heavy atom. The van der Waals surface area contributed by atoms with E-state index < -0.39 is 0 Å². The average Bonchev–Trinajstić information content (AvgIpc) is 3.04. The van der Waals surface area contributed by atoms with Crippen LogP contribution >= 0.6 is 11.8 Å². The number of likely N-dealkylation sites (tertiary alicyclic amines) is 1. The van der Waals surface area contributed by atoms with E-state index in [1.165, 1.54) is 18.4 Å². The van der Waals surface area contributed by atoms with E-state index in [9.17, 15) is 0 Å². The molecule has 0 bridgehead atoms. The summed E-state index contributed by atoms with van der Waals surface area (Å²) in [5, 5.41) is 4.97. The number of unbranched alkanes of at least 4 members (excludes halogenated alkanes) is 1. The van der Waals surface area contributed by atoms with Crippen LogP contribution in [0.25, 0.3) is 0 Å². The topological polar surface area (TPSA) is 67.9 Å². The zero-order valence-corrected chi connectivity index (χ0v) is 15.3. The maximum Gasteiger partial charge on any atom is 0.223 e. The van der Waals surface area contributed by atoms with Crippen LogP contribution in [-0.2, 0) is 6.54 Å². The highest BCUT2D eigenvalue weighted by Gasteiger charge is 2.25. The molecule has 3 heterocycles. The summed E-state index contributed by atoms with van der Waals surface area (Å²) in [6, 6.07) is 0. The summed E-state index contributed by atoms with van der Waals surface area (Å²) in [5.74, 6) is 2.94. The molecule has 0 radical (unpaired) electrons. The molecular formula is C17H25N5OS. The number of thioether (sulfide) groups is 1. The van der Waals surface area contributed by atoms with Crippen LogP contribution in [-0.4, -0.2) is 43.9 Å². The fourth-order valence-electron chi connectivity index (χ4n) is 2.96. The van der Waals surface area contributed by atoms with Gasteiger partial charge in [0, 0.05) is 49.6 Å². The Morgan fingerprint density at radius 3 is 2.88 bits per heavy atom. The lowest BCUT2D eigenvalue weighted by Gasteiger charge is -2.31. The van der Waals surface area contributed by atoms with E-state index in [0.29, 0.717) is 11.8 Å². The molecule has 1 atom stereocenters. The molecule has 130 valence electrons. The van der Waals surface area contributed by atoms with Crippen molar-refractivity contribution in [1.82, 2.24) is 25.0 Å². The van der Waals surface area contributed by atoms with Gasteiger partial charge < -0.3 is 4.52 Å². The second-order valence-electron chi connectivity index (χ2n) is 6.32. The number of hydrogen-bond donors (Lipinski definition) is 0. The van der Waals surface area contributed by atoms with E-state index in [-0.39, 0.29) is 0 Å². The molecule has 7 heteroatoms. The van der Waals surface area contributed by atoms with Crippen LogP contribution in [0.5, 0.6) is 0 Å². The highest BCUT2D eigenvalue weighted by Crippen LogP contribution is 2.25. The van der Waals surface area contributed by atoms with Crippen LogP contribution in [0, 0.1) is 6.92 Å². The van der Waals surface area contributed by atoms with Crippen molar-refractivity contribution >= 4 is 11.8 Å². The quantitative estimate of drug-likeness (QED) is 0.432. The summed E-state index contributed by atoms with van der Waals surface area (Å²) in [4.78, 5) is 15.8. The third kappa shape index (κ3) is 4.77. The van der Waals surface area contributed by atoms with Gasteiger partial charge in [-0.2, -0.15) is 4.98 Å². The molecule has 1 aliphatic heterocycles. The number of aryl methyl sites for hydroxylation is 1. The van der Waals surface area contributed by atoms with Gasteiger partial charge >= 0.3 is 0 Å². The van der Waals surface area contributed by atoms with Gasteiger partial charge in [-0.25, -0.2) is 9.97 Å². The molecule has 0 N–H and O–H groups in total. The van der Waals surface area contributed by atoms with Crippen molar-refractivity contribution in [3.05, 3.63) is 29.7 Å². The Bertz CT molecular complexity index is 630. The van der Waals surface area contributed by atoms with Crippen LogP contribution in [0.3, 0.4) is 0 Å². The molecule has 0 aromatic carbocycles. The number of hydrogen-bond acceptors (Lipinski definition) is 7. The Labute approximate surface area is 147 Å². The van der Waals surface area contributed by atoms with E-state index in [2.05, 4.69) is 31.9 Å². The average molecular weight is 347 g/mol. The molecule has 6 nitrogen and oxygen atoms in total. The molecule has 0 unspecified atom stereocenters. The minimum Gasteiger partial charge on any atom is -0.340 e. The van der Waals surface area contributed by atoms with Gasteiger partial charge in [0.2, 0.25) is 5.89 Å². The van der Waals surface area contributed by atoms with Crippen LogP contribution < -0.4 is 0 Å². The van der Waals surface area contributed by atoms with Crippen LogP contribution in [0.15, 0.2) is 22.1 Å². The summed E-state index contributed by atoms with van der Waals surface area (Å²) >= 11 is 1.74. The lowest BCUT2D eigenvalue weighted by atomic mass is 9.97. The van der Waals surface area contributed by atoms with Gasteiger partial charge in [-0.15, -0.1) is 0 Å². The number of rotatable bonds is 7. The summed E-state index contributed by atoms with van der Waals surface area (Å²) in [7, 11) is 0. The van der Waals surface area contributed by atoms with Crippen molar-refractivity contribution < 1.29 is 4.52 Å². The lowest BCUT2D eigenvalue weighted by Crippen LogP contribution is -2.34. The smallest absolute Gasteiger partial charge is 0.223 e. The first-order chi connectivity index (χ1) is 11.7. The fourth-order valence-corrected chi connectivity index (χ4v) is 3.83. The van der Waals surface area contributed by atoms with Crippen LogP contribution in [0.1, 0.15) is 55.8 Å². The normalized spacial score (nSPS) is 18.8. The van der Waals surface area contributed by atoms with Gasteiger partial charge in [0.1, 0.15) is 0 Å². The highest BCUT2D eigenvalue weighted by molar-refractivity contribution is 7.99. The number of nitrogens with zero attached hydrogens (tertiary/aromatic N) is 5. The standard InChI is InChI=1S/C17H25N5OS/c1-3-4-8-24-17-18-9-14(10-19-17)11-22-7-5-6-15(12-22)16-20-13(2)23-21-16/h9-10,15H,3-8,11-12H2,1-2H3/t15-/m0/s1. The highest BCUT2D eigenvalue weighted by atomic mass is 32.2. The zero-order chi connectivity index (χ0) is 16.8. The zero-order valence-electron chi connectivity index (χ0n) is 14.4. The predicted molar refractivity (Wildman–Crippen MR) is 94.0 cm³/mol. The second kappa shape index (κ2) is 8.58. The molecule has 0 aliphatic carbocycles. The van der Waals surface area contributed by atoms with Crippen molar-refractivity contribution in [2.45, 2.75) is 57.1 Å². The summed E-state index contributed by atoms with van der Waals surface area (Å²) < 4.78 is 5.12. The Balaban J connectivity index is 1.53. The number of piperidine rings is 1. The van der Waals surface area contributed by atoms with Crippen molar-refractivity contribution in [2.24, 2.45) is 0 Å². The van der Waals surface area contributed by atoms with Crippen molar-refractivity contribution in [1.29, 1.82) is 0 Å². The molecule has 0 spiro atoms. The molecule has 2 aromatic heterocycles. The molecule has 1 saturated heterocycles. The lowest BCUT2D eigenvalue weighted by molar-refractivity contribution is 0.194. The second-order valence-corrected chi connectivity index (χ2v) is 7.38. The first kappa shape index (κ1) is 17.4. The first-order valence-electron chi connectivity index (χ1n) is 8.71. The van der Waals surface area contributed by atoms with Gasteiger partial charge in [0.15, 0.2) is 11.0 Å². The summed E-state index contributed by atoms with van der Waals surface area (Å²) in [5.41, 5.74) is 1.17. The van der Waals surface area contributed by atoms with Crippen molar-refractivity contribution in [3.8, 4) is 0 Å². The van der Waals surface area contributed by atoms with Gasteiger partial charge in [-0.05, 0) is 25.8 Å². The maximum absolute atomic E-state index is 5.12. The minimum atomic E-state index is 0.362. The SMILES string of the molecule is CCCCSc1ncc(CN2CCC[C@H](c3noc(C)n3)C2)cn1. The fraction of sp³-hybridized carbons (Fsp3) is 0.647. The first-order valence-corrected chi connectivity index (χ1v) is 9.69.